The van der Waals surface area contributed by atoms with Crippen LogP contribution < -0.4 is 37.9 Å². The van der Waals surface area contributed by atoms with Crippen LogP contribution in [0.4, 0.5) is 10.5 Å². The number of nitrogens with one attached hydrogen (secondary N) is 5. The fourth-order valence-electron chi connectivity index (χ4n) is 9.55. The number of aromatic hydroxyl groups is 1. The molecule has 0 unspecified atom stereocenters. The number of benzene rings is 3. The first-order valence-corrected chi connectivity index (χ1v) is 27.1. The van der Waals surface area contributed by atoms with Crippen LogP contribution >= 0.6 is 0 Å². The Labute approximate surface area is 476 Å². The van der Waals surface area contributed by atoms with Crippen molar-refractivity contribution < 1.29 is 67.1 Å². The van der Waals surface area contributed by atoms with Crippen molar-refractivity contribution in [3.63, 3.8) is 0 Å². The zero-order valence-corrected chi connectivity index (χ0v) is 46.1. The van der Waals surface area contributed by atoms with Gasteiger partial charge in [0.2, 0.25) is 29.2 Å². The van der Waals surface area contributed by atoms with Crippen LogP contribution in [0.15, 0.2) is 88.8 Å². The van der Waals surface area contributed by atoms with Crippen molar-refractivity contribution in [1.29, 1.82) is 0 Å². The molecule has 0 aliphatic carbocycles. The molecule has 5 amide bonds. The summed E-state index contributed by atoms with van der Waals surface area (Å²) in [6.07, 6.45) is 0.824. The molecule has 0 radical (unpaired) electrons. The van der Waals surface area contributed by atoms with E-state index in [0.29, 0.717) is 54.0 Å². The summed E-state index contributed by atoms with van der Waals surface area (Å²) in [5, 5.41) is 27.5. The van der Waals surface area contributed by atoms with Crippen LogP contribution in [-0.2, 0) is 95.4 Å². The van der Waals surface area contributed by atoms with Crippen molar-refractivity contribution in [3.8, 4) is 17.1 Å². The molecule has 26 heteroatoms. The lowest BCUT2D eigenvalue weighted by atomic mass is 9.85. The number of rotatable bonds is 31. The molecule has 5 aromatic rings. The van der Waals surface area contributed by atoms with Gasteiger partial charge in [0.05, 0.1) is 55.4 Å². The summed E-state index contributed by atoms with van der Waals surface area (Å²) < 4.78 is 34.1. The van der Waals surface area contributed by atoms with E-state index in [0.717, 1.165) is 22.1 Å². The molecule has 0 saturated heterocycles. The van der Waals surface area contributed by atoms with E-state index in [1.54, 1.807) is 84.3 Å². The third-order valence-electron chi connectivity index (χ3n) is 13.7. The largest absolute Gasteiger partial charge is 0.508 e. The minimum Gasteiger partial charge on any atom is -0.508 e. The molecule has 2 aliphatic rings. The Hall–Kier alpha value is -8.94. The van der Waals surface area contributed by atoms with Crippen molar-refractivity contribution in [2.75, 3.05) is 71.1 Å². The molecule has 2 aromatic heterocycles. The summed E-state index contributed by atoms with van der Waals surface area (Å²) in [6, 6.07) is 19.5. The fourth-order valence-corrected chi connectivity index (χ4v) is 9.55. The molecule has 83 heavy (non-hydrogen) atoms. The van der Waals surface area contributed by atoms with E-state index in [4.69, 9.17) is 44.7 Å². The predicted octanol–water partition coefficient (Wildman–Crippen LogP) is 3.58. The smallest absolute Gasteiger partial charge is 0.407 e. The van der Waals surface area contributed by atoms with Gasteiger partial charge in [0.1, 0.15) is 50.8 Å². The van der Waals surface area contributed by atoms with Crippen LogP contribution in [0.3, 0.4) is 0 Å². The van der Waals surface area contributed by atoms with Crippen molar-refractivity contribution in [2.45, 2.75) is 89.8 Å². The highest BCUT2D eigenvalue weighted by Crippen LogP contribution is 2.42. The average molecular weight is 1150 g/mol. The van der Waals surface area contributed by atoms with Crippen LogP contribution in [-0.4, -0.2) is 134 Å². The number of aromatic nitrogens is 2. The summed E-state index contributed by atoms with van der Waals surface area (Å²) in [4.78, 5) is 115. The van der Waals surface area contributed by atoms with Crippen molar-refractivity contribution >= 4 is 58.3 Å². The number of esters is 2. The number of azide groups is 1. The number of fused-ring (bicyclic) bond motifs is 5. The number of phenols is 1. The second-order valence-corrected chi connectivity index (χ2v) is 19.3. The monoisotopic (exact) mass is 1150 g/mol. The van der Waals surface area contributed by atoms with Crippen LogP contribution in [0.5, 0.6) is 5.75 Å². The molecule has 3 atom stereocenters. The number of aryl methyl sites for hydroxylation is 1. The number of hydrogen-bond acceptors (Lipinski definition) is 18. The Morgan fingerprint density at radius 2 is 1.61 bits per heavy atom. The minimum absolute atomic E-state index is 0.0675. The van der Waals surface area contributed by atoms with E-state index in [1.807, 2.05) is 6.92 Å². The van der Waals surface area contributed by atoms with Gasteiger partial charge in [-0.3, -0.25) is 28.8 Å². The summed E-state index contributed by atoms with van der Waals surface area (Å²) >= 11 is 0. The first-order chi connectivity index (χ1) is 40.2. The number of carbonyl (C=O) groups is 7. The van der Waals surface area contributed by atoms with Gasteiger partial charge in [-0.25, -0.2) is 14.6 Å². The fraction of sp³-hybridized carbons (Fsp3) is 0.421. The van der Waals surface area contributed by atoms with Gasteiger partial charge < -0.3 is 70.4 Å². The number of nitrogens with two attached hydrogens (primary N) is 1. The number of ether oxygens (including phenoxy) is 6. The van der Waals surface area contributed by atoms with Crippen molar-refractivity contribution in [3.05, 3.63) is 133 Å². The number of nitrogens with zero attached hydrogens (tertiary/aromatic N) is 5. The number of cyclic esters (lactones) is 1. The maximum atomic E-state index is 14.1. The molecule has 4 heterocycles. The Balaban J connectivity index is 0.895. The average Bonchev–Trinajstić information content (AvgIpc) is 2.79. The number of amides is 5. The first kappa shape index (κ1) is 61.7. The molecule has 3 aromatic carbocycles. The Morgan fingerprint density at radius 3 is 2.35 bits per heavy atom. The number of anilines is 1. The van der Waals surface area contributed by atoms with E-state index < -0.39 is 84.7 Å². The Kier molecular flexibility index (Phi) is 22.4. The molecule has 0 fully saturated rings. The molecule has 0 spiro atoms. The number of pyridine rings is 2. The van der Waals surface area contributed by atoms with E-state index >= 15 is 0 Å². The van der Waals surface area contributed by atoms with E-state index in [2.05, 4.69) is 36.6 Å². The zero-order chi connectivity index (χ0) is 59.3. The highest BCUT2D eigenvalue weighted by Gasteiger charge is 2.50. The van der Waals surface area contributed by atoms with Crippen molar-refractivity contribution in [2.24, 2.45) is 10.8 Å². The topological polar surface area (TPSA) is 365 Å². The quantitative estimate of drug-likeness (QED) is 0.00817. The molecular formula is C57H67N11O15. The van der Waals surface area contributed by atoms with E-state index in [-0.39, 0.29) is 95.4 Å². The molecular weight excluding hydrogens is 1080 g/mol. The SMILES string of the molecule is CCc1c2c(nc3ccc(O)cc13)-c1cc3c(c(=O)n1C2)COC(=O)[C@@]3(CC)OC(=O)CNC(=O)OCc1ccc(NC(=O)[C@H](CCCCN)NC(=O)[C@H](Cc2ccccc2)NC(=O)COCC(=O)NCCOCCOCCN=[N+]=[N-])cc1. The normalized spacial score (nSPS) is 14.6. The summed E-state index contributed by atoms with van der Waals surface area (Å²) in [5.41, 5.74) is 16.7. The molecule has 2 aliphatic heterocycles. The maximum absolute atomic E-state index is 14.1. The number of hydrogen-bond donors (Lipinski definition) is 7. The third-order valence-corrected chi connectivity index (χ3v) is 13.7. The van der Waals surface area contributed by atoms with Crippen LogP contribution in [0.2, 0.25) is 0 Å². The number of alkyl carbamates (subject to hydrolysis) is 1. The van der Waals surface area contributed by atoms with Gasteiger partial charge in [0, 0.05) is 46.6 Å². The summed E-state index contributed by atoms with van der Waals surface area (Å²) in [5.74, 6) is -4.18. The zero-order valence-electron chi connectivity index (χ0n) is 46.1. The second-order valence-electron chi connectivity index (χ2n) is 19.3. The van der Waals surface area contributed by atoms with Gasteiger partial charge >= 0.3 is 18.0 Å². The molecule has 0 saturated carbocycles. The van der Waals surface area contributed by atoms with Crippen LogP contribution in [0.1, 0.15) is 72.9 Å². The highest BCUT2D eigenvalue weighted by molar-refractivity contribution is 5.99. The van der Waals surface area contributed by atoms with E-state index in [9.17, 15) is 43.5 Å². The van der Waals surface area contributed by atoms with Gasteiger partial charge in [-0.05, 0) is 97.3 Å². The highest BCUT2D eigenvalue weighted by atomic mass is 16.6. The van der Waals surface area contributed by atoms with Gasteiger partial charge in [-0.2, -0.15) is 0 Å². The third kappa shape index (κ3) is 16.4. The van der Waals surface area contributed by atoms with Gasteiger partial charge in [0.15, 0.2) is 0 Å². The van der Waals surface area contributed by atoms with E-state index in [1.165, 1.54) is 6.07 Å². The number of unbranched alkanes of at least 4 members (excludes halogenated alkanes) is 1. The van der Waals surface area contributed by atoms with Crippen molar-refractivity contribution in [1.82, 2.24) is 30.8 Å². The minimum atomic E-state index is -2.02. The molecule has 7 rings (SSSR count). The number of phenolic OH excluding ortho intramolecular Hbond substituents is 1. The van der Waals surface area contributed by atoms with Crippen LogP contribution in [0.25, 0.3) is 32.7 Å². The van der Waals surface area contributed by atoms with Gasteiger partial charge in [-0.15, -0.1) is 0 Å². The number of carbonyl (C=O) groups excluding carboxylic acids is 7. The standard InChI is InChI=1S/C57H67N11O15/c1-3-39-40-27-38(69)17-18-44(40)65-51-41(39)30-68-47(51)28-43-42(54(68)75)32-81-55(76)57(43,4-2)83-50(72)29-61-56(77)82-31-36-13-15-37(16-14-36)63-52(73)45(12-8-9-19-58)66-53(74)46(26-35-10-6-5-7-11-35)64-49(71)34-80-33-48(70)60-20-22-78-24-25-79-23-21-62-67-59/h5-7,10-11,13-18,27-28,45-46,69H,3-4,8-9,12,19-26,29-34,58H2,1-2H3,(H,60,70)(H,61,77)(H,63,73)(H,64,71)(H,66,74)/t45-,46-,57-/m0/s1. The second kappa shape index (κ2) is 30.2. The Morgan fingerprint density at radius 1 is 0.855 bits per heavy atom. The lowest BCUT2D eigenvalue weighted by Gasteiger charge is -2.35. The summed E-state index contributed by atoms with van der Waals surface area (Å²) in [7, 11) is 0. The predicted molar refractivity (Wildman–Crippen MR) is 299 cm³/mol. The maximum Gasteiger partial charge on any atom is 0.407 e. The lowest BCUT2D eigenvalue weighted by Crippen LogP contribution is -2.54. The molecule has 440 valence electrons. The summed E-state index contributed by atoms with van der Waals surface area (Å²) in [6.45, 7) is 3.23. The van der Waals surface area contributed by atoms with Crippen LogP contribution in [0, 0.1) is 0 Å². The molecule has 26 nitrogen and oxygen atoms in total. The molecule has 0 bridgehead atoms. The van der Waals surface area contributed by atoms with Gasteiger partial charge in [0.25, 0.3) is 5.56 Å². The Bertz CT molecular complexity index is 3260. The lowest BCUT2D eigenvalue weighted by molar-refractivity contribution is -0.188. The van der Waals surface area contributed by atoms with Gasteiger partial charge in [-0.1, -0.05) is 61.4 Å². The molecule has 8 N–H and O–H groups in total. The first-order valence-electron chi connectivity index (χ1n) is 27.1.